The number of nitrogens with one attached hydrogen (secondary N) is 1. The zero-order chi connectivity index (χ0) is 19.4. The summed E-state index contributed by atoms with van der Waals surface area (Å²) in [5, 5.41) is 3.21. The maximum Gasteiger partial charge on any atom is 0.228 e. The Morgan fingerprint density at radius 2 is 1.96 bits per heavy atom. The fraction of sp³-hybridized carbons (Fsp3) is 0.316. The molecule has 1 aliphatic rings. The van der Waals surface area contributed by atoms with Crippen LogP contribution < -0.4 is 5.32 Å². The lowest BCUT2D eigenvalue weighted by molar-refractivity contribution is -0.120. The van der Waals surface area contributed by atoms with Gasteiger partial charge in [-0.1, -0.05) is 29.8 Å². The molecule has 2 aromatic rings. The highest BCUT2D eigenvalue weighted by Gasteiger charge is 2.32. The molecule has 0 aliphatic carbocycles. The lowest BCUT2D eigenvalue weighted by Crippen LogP contribution is -2.44. The number of anilines is 1. The van der Waals surface area contributed by atoms with Crippen molar-refractivity contribution in [3.63, 3.8) is 0 Å². The van der Waals surface area contributed by atoms with Crippen LogP contribution in [0.3, 0.4) is 0 Å². The highest BCUT2D eigenvalue weighted by atomic mass is 35.5. The maximum absolute atomic E-state index is 13.3. The molecule has 2 aromatic carbocycles. The molecule has 0 radical (unpaired) electrons. The second kappa shape index (κ2) is 8.37. The van der Waals surface area contributed by atoms with Crippen molar-refractivity contribution in [3.05, 3.63) is 64.9 Å². The minimum atomic E-state index is -3.54. The number of hydrogen-bond acceptors (Lipinski definition) is 3. The van der Waals surface area contributed by atoms with Crippen LogP contribution in [0.2, 0.25) is 5.02 Å². The van der Waals surface area contributed by atoms with E-state index in [0.29, 0.717) is 35.7 Å². The number of sulfonamides is 1. The summed E-state index contributed by atoms with van der Waals surface area (Å²) in [6.07, 6.45) is 1.19. The number of amides is 1. The molecule has 0 unspecified atom stereocenters. The molecule has 1 fully saturated rings. The summed E-state index contributed by atoms with van der Waals surface area (Å²) in [6, 6.07) is 12.3. The van der Waals surface area contributed by atoms with Gasteiger partial charge in [0.2, 0.25) is 15.9 Å². The quantitative estimate of drug-likeness (QED) is 0.818. The summed E-state index contributed by atoms with van der Waals surface area (Å²) in [5.41, 5.74) is 1.01. The van der Waals surface area contributed by atoms with Crippen LogP contribution in [-0.4, -0.2) is 31.7 Å². The largest absolute Gasteiger partial charge is 0.326 e. The molecular weight excluding hydrogens is 391 g/mol. The summed E-state index contributed by atoms with van der Waals surface area (Å²) >= 11 is 5.83. The molecule has 8 heteroatoms. The van der Waals surface area contributed by atoms with Crippen molar-refractivity contribution in [1.82, 2.24) is 4.31 Å². The van der Waals surface area contributed by atoms with Crippen LogP contribution in [0.4, 0.5) is 10.1 Å². The van der Waals surface area contributed by atoms with Crippen molar-refractivity contribution in [2.75, 3.05) is 18.4 Å². The SMILES string of the molecule is O=C(Nc1cccc(F)c1)[C@H]1CCCN(S(=O)(=O)Cc2ccc(Cl)cc2)C1. The van der Waals surface area contributed by atoms with Gasteiger partial charge in [-0.2, -0.15) is 0 Å². The number of carbonyl (C=O) groups is 1. The van der Waals surface area contributed by atoms with Crippen LogP contribution in [-0.2, 0) is 20.6 Å². The Morgan fingerprint density at radius 3 is 2.67 bits per heavy atom. The first-order chi connectivity index (χ1) is 12.8. The van der Waals surface area contributed by atoms with E-state index in [9.17, 15) is 17.6 Å². The summed E-state index contributed by atoms with van der Waals surface area (Å²) in [7, 11) is -3.54. The second-order valence-electron chi connectivity index (χ2n) is 6.58. The Bertz CT molecular complexity index is 919. The monoisotopic (exact) mass is 410 g/mol. The van der Waals surface area contributed by atoms with Crippen LogP contribution in [0.15, 0.2) is 48.5 Å². The highest BCUT2D eigenvalue weighted by Crippen LogP contribution is 2.23. The van der Waals surface area contributed by atoms with Gasteiger partial charge in [-0.25, -0.2) is 17.1 Å². The van der Waals surface area contributed by atoms with Crippen LogP contribution in [0.25, 0.3) is 0 Å². The zero-order valence-electron chi connectivity index (χ0n) is 14.6. The molecule has 1 heterocycles. The predicted octanol–water partition coefficient (Wildman–Crippen LogP) is 3.66. The first-order valence-electron chi connectivity index (χ1n) is 8.62. The normalized spacial score (nSPS) is 18.2. The molecule has 1 amide bonds. The van der Waals surface area contributed by atoms with Crippen molar-refractivity contribution in [3.8, 4) is 0 Å². The number of halogens is 2. The Labute approximate surface area is 163 Å². The van der Waals surface area contributed by atoms with Gasteiger partial charge in [0, 0.05) is 23.8 Å². The van der Waals surface area contributed by atoms with Gasteiger partial charge in [-0.05, 0) is 48.7 Å². The first kappa shape index (κ1) is 19.8. The Balaban J connectivity index is 1.65. The van der Waals surface area contributed by atoms with E-state index in [0.717, 1.165) is 0 Å². The Hall–Kier alpha value is -1.96. The number of nitrogens with zero attached hydrogens (tertiary/aromatic N) is 1. The van der Waals surface area contributed by atoms with Gasteiger partial charge in [0.25, 0.3) is 0 Å². The van der Waals surface area contributed by atoms with Crippen molar-refractivity contribution in [1.29, 1.82) is 0 Å². The van der Waals surface area contributed by atoms with Gasteiger partial charge in [0.1, 0.15) is 5.82 Å². The highest BCUT2D eigenvalue weighted by molar-refractivity contribution is 7.88. The van der Waals surface area contributed by atoms with E-state index in [-0.39, 0.29) is 18.2 Å². The molecular formula is C19H20ClFN2O3S. The lowest BCUT2D eigenvalue weighted by Gasteiger charge is -2.31. The van der Waals surface area contributed by atoms with Crippen LogP contribution in [0, 0.1) is 11.7 Å². The fourth-order valence-corrected chi connectivity index (χ4v) is 4.84. The van der Waals surface area contributed by atoms with Gasteiger partial charge in [-0.3, -0.25) is 4.79 Å². The summed E-state index contributed by atoms with van der Waals surface area (Å²) in [6.45, 7) is 0.511. The summed E-state index contributed by atoms with van der Waals surface area (Å²) < 4.78 is 40.1. The van der Waals surface area contributed by atoms with Crippen molar-refractivity contribution < 1.29 is 17.6 Å². The predicted molar refractivity (Wildman–Crippen MR) is 103 cm³/mol. The lowest BCUT2D eigenvalue weighted by atomic mass is 9.99. The molecule has 144 valence electrons. The van der Waals surface area contributed by atoms with Gasteiger partial charge in [0.05, 0.1) is 11.7 Å². The van der Waals surface area contributed by atoms with Gasteiger partial charge >= 0.3 is 0 Å². The standard InChI is InChI=1S/C19H20ClFN2O3S/c20-16-8-6-14(7-9-16)13-27(25,26)23-10-2-3-15(12-23)19(24)22-18-5-1-4-17(21)11-18/h1,4-9,11,15H,2-3,10,12-13H2,(H,22,24)/t15-/m0/s1. The van der Waals surface area contributed by atoms with Gasteiger partial charge < -0.3 is 5.32 Å². The molecule has 0 aromatic heterocycles. The smallest absolute Gasteiger partial charge is 0.228 e. The van der Waals surface area contributed by atoms with E-state index in [1.807, 2.05) is 0 Å². The number of carbonyl (C=O) groups excluding carboxylic acids is 1. The first-order valence-corrected chi connectivity index (χ1v) is 10.6. The number of rotatable bonds is 5. The molecule has 0 bridgehead atoms. The van der Waals surface area contributed by atoms with E-state index in [1.165, 1.54) is 22.5 Å². The topological polar surface area (TPSA) is 66.5 Å². The third kappa shape index (κ3) is 5.28. The van der Waals surface area contributed by atoms with E-state index in [4.69, 9.17) is 11.6 Å². The molecule has 3 rings (SSSR count). The number of hydrogen-bond donors (Lipinski definition) is 1. The average molecular weight is 411 g/mol. The van der Waals surface area contributed by atoms with E-state index in [2.05, 4.69) is 5.32 Å². The zero-order valence-corrected chi connectivity index (χ0v) is 16.1. The third-order valence-electron chi connectivity index (χ3n) is 4.50. The molecule has 1 saturated heterocycles. The molecule has 0 spiro atoms. The Kier molecular flexibility index (Phi) is 6.14. The van der Waals surface area contributed by atoms with Crippen LogP contribution in [0.5, 0.6) is 0 Å². The van der Waals surface area contributed by atoms with Crippen molar-refractivity contribution >= 4 is 33.2 Å². The van der Waals surface area contributed by atoms with Crippen molar-refractivity contribution in [2.45, 2.75) is 18.6 Å². The molecule has 0 saturated carbocycles. The number of piperidine rings is 1. The van der Waals surface area contributed by atoms with Crippen LogP contribution >= 0.6 is 11.6 Å². The average Bonchev–Trinajstić information content (AvgIpc) is 2.63. The van der Waals surface area contributed by atoms with E-state index >= 15 is 0 Å². The summed E-state index contributed by atoms with van der Waals surface area (Å²) in [5.74, 6) is -1.35. The number of benzene rings is 2. The Morgan fingerprint density at radius 1 is 1.22 bits per heavy atom. The molecule has 27 heavy (non-hydrogen) atoms. The van der Waals surface area contributed by atoms with Crippen LogP contribution in [0.1, 0.15) is 18.4 Å². The second-order valence-corrected chi connectivity index (χ2v) is 8.98. The van der Waals surface area contributed by atoms with Gasteiger partial charge in [0.15, 0.2) is 0 Å². The molecule has 1 aliphatic heterocycles. The summed E-state index contributed by atoms with van der Waals surface area (Å²) in [4.78, 5) is 12.5. The molecule has 1 N–H and O–H groups in total. The van der Waals surface area contributed by atoms with E-state index < -0.39 is 21.8 Å². The third-order valence-corrected chi connectivity index (χ3v) is 6.57. The minimum Gasteiger partial charge on any atom is -0.326 e. The van der Waals surface area contributed by atoms with Gasteiger partial charge in [-0.15, -0.1) is 0 Å². The minimum absolute atomic E-state index is 0.122. The molecule has 5 nitrogen and oxygen atoms in total. The maximum atomic E-state index is 13.3. The van der Waals surface area contributed by atoms with E-state index in [1.54, 1.807) is 30.3 Å². The van der Waals surface area contributed by atoms with Crippen molar-refractivity contribution in [2.24, 2.45) is 5.92 Å². The fourth-order valence-electron chi connectivity index (χ4n) is 3.10. The molecule has 1 atom stereocenters.